The van der Waals surface area contributed by atoms with E-state index in [0.29, 0.717) is 0 Å². The van der Waals surface area contributed by atoms with Gasteiger partial charge in [-0.05, 0) is 0 Å². The molecule has 1 aromatic rings. The Kier molecular flexibility index (Phi) is 4.01. The topological polar surface area (TPSA) is 166 Å². The van der Waals surface area contributed by atoms with Crippen molar-refractivity contribution in [1.29, 1.82) is 0 Å². The number of halogens is 1. The summed E-state index contributed by atoms with van der Waals surface area (Å²) in [5.41, 5.74) is 9.11. The molecule has 18 heavy (non-hydrogen) atoms. The molecular formula is C8H9ClN4O5. The van der Waals surface area contributed by atoms with Crippen molar-refractivity contribution in [2.45, 2.75) is 12.2 Å². The predicted octanol–water partition coefficient (Wildman–Crippen LogP) is -0.895. The van der Waals surface area contributed by atoms with Crippen molar-refractivity contribution < 1.29 is 19.9 Å². The lowest BCUT2D eigenvalue weighted by Crippen LogP contribution is -2.34. The van der Waals surface area contributed by atoms with Gasteiger partial charge in [-0.3, -0.25) is 14.9 Å². The van der Waals surface area contributed by atoms with E-state index >= 15 is 0 Å². The SMILES string of the molecule is NC(=O)C(O)C(O)c1cc([N+](=O)[O-])c(N)nc1Cl. The molecule has 2 atom stereocenters. The molecule has 0 fully saturated rings. The number of hydrogen-bond donors (Lipinski definition) is 4. The lowest BCUT2D eigenvalue weighted by molar-refractivity contribution is -0.384. The zero-order chi connectivity index (χ0) is 14.0. The van der Waals surface area contributed by atoms with Crippen molar-refractivity contribution in [2.75, 3.05) is 5.73 Å². The summed E-state index contributed by atoms with van der Waals surface area (Å²) in [6.45, 7) is 0. The molecule has 1 rings (SSSR count). The van der Waals surface area contributed by atoms with E-state index in [1.54, 1.807) is 0 Å². The number of aliphatic hydroxyl groups is 2. The molecule has 98 valence electrons. The highest BCUT2D eigenvalue weighted by Crippen LogP contribution is 2.30. The summed E-state index contributed by atoms with van der Waals surface area (Å²) in [6.07, 6.45) is -3.80. The normalized spacial score (nSPS) is 13.9. The van der Waals surface area contributed by atoms with E-state index in [2.05, 4.69) is 4.98 Å². The van der Waals surface area contributed by atoms with Gasteiger partial charge in [-0.15, -0.1) is 0 Å². The quantitative estimate of drug-likeness (QED) is 0.314. The molecule has 0 aliphatic heterocycles. The first-order valence-electron chi connectivity index (χ1n) is 4.51. The van der Waals surface area contributed by atoms with Gasteiger partial charge >= 0.3 is 5.69 Å². The third kappa shape index (κ3) is 2.64. The fourth-order valence-electron chi connectivity index (χ4n) is 1.19. The van der Waals surface area contributed by atoms with Crippen LogP contribution >= 0.6 is 11.6 Å². The van der Waals surface area contributed by atoms with Crippen LogP contribution < -0.4 is 11.5 Å². The molecule has 0 spiro atoms. The number of nitrogens with two attached hydrogens (primary N) is 2. The molecule has 1 aromatic heterocycles. The molecular weight excluding hydrogens is 268 g/mol. The number of nitrogens with zero attached hydrogens (tertiary/aromatic N) is 2. The Balaban J connectivity index is 3.28. The van der Waals surface area contributed by atoms with E-state index < -0.39 is 34.5 Å². The van der Waals surface area contributed by atoms with Gasteiger partial charge in [-0.2, -0.15) is 0 Å². The van der Waals surface area contributed by atoms with Crippen LogP contribution in [0.3, 0.4) is 0 Å². The minimum Gasteiger partial charge on any atom is -0.385 e. The molecule has 0 aliphatic carbocycles. The Bertz CT molecular complexity index is 509. The minimum absolute atomic E-state index is 0.316. The van der Waals surface area contributed by atoms with Crippen LogP contribution in [0.15, 0.2) is 6.07 Å². The number of nitro groups is 1. The monoisotopic (exact) mass is 276 g/mol. The first-order chi connectivity index (χ1) is 8.25. The van der Waals surface area contributed by atoms with Crippen LogP contribution in [0.5, 0.6) is 0 Å². The van der Waals surface area contributed by atoms with E-state index in [0.717, 1.165) is 6.07 Å². The first kappa shape index (κ1) is 14.1. The summed E-state index contributed by atoms with van der Waals surface area (Å²) in [4.78, 5) is 23.9. The minimum atomic E-state index is -1.97. The fraction of sp³-hybridized carbons (Fsp3) is 0.250. The molecule has 0 aromatic carbocycles. The maximum Gasteiger partial charge on any atom is 0.311 e. The largest absolute Gasteiger partial charge is 0.385 e. The summed E-state index contributed by atoms with van der Waals surface area (Å²) < 4.78 is 0. The van der Waals surface area contributed by atoms with Gasteiger partial charge in [-0.25, -0.2) is 4.98 Å². The van der Waals surface area contributed by atoms with Crippen LogP contribution in [-0.4, -0.2) is 32.1 Å². The molecule has 9 nitrogen and oxygen atoms in total. The number of anilines is 1. The lowest BCUT2D eigenvalue weighted by atomic mass is 10.1. The third-order valence-corrected chi connectivity index (χ3v) is 2.42. The van der Waals surface area contributed by atoms with Crippen molar-refractivity contribution in [3.05, 3.63) is 26.9 Å². The van der Waals surface area contributed by atoms with Gasteiger partial charge in [0.25, 0.3) is 0 Å². The summed E-state index contributed by atoms with van der Waals surface area (Å²) in [6, 6.07) is 0.821. The zero-order valence-corrected chi connectivity index (χ0v) is 9.53. The predicted molar refractivity (Wildman–Crippen MR) is 60.5 cm³/mol. The van der Waals surface area contributed by atoms with Crippen LogP contribution in [0.2, 0.25) is 5.15 Å². The summed E-state index contributed by atoms with van der Waals surface area (Å²) >= 11 is 5.61. The Labute approximate surface area is 105 Å². The van der Waals surface area contributed by atoms with Gasteiger partial charge in [0.15, 0.2) is 6.10 Å². The average Bonchev–Trinajstić information content (AvgIpc) is 2.26. The van der Waals surface area contributed by atoms with Crippen molar-refractivity contribution >= 4 is 29.0 Å². The summed E-state index contributed by atoms with van der Waals surface area (Å²) in [7, 11) is 0. The van der Waals surface area contributed by atoms with E-state index in [9.17, 15) is 25.1 Å². The Hall–Kier alpha value is -1.97. The number of pyridine rings is 1. The number of primary amides is 1. The molecule has 1 amide bonds. The molecule has 0 saturated heterocycles. The van der Waals surface area contributed by atoms with Gasteiger partial charge in [0.2, 0.25) is 11.7 Å². The molecule has 6 N–H and O–H groups in total. The first-order valence-corrected chi connectivity index (χ1v) is 4.89. The Morgan fingerprint density at radius 2 is 2.11 bits per heavy atom. The maximum absolute atomic E-state index is 10.7. The molecule has 0 aliphatic rings. The molecule has 0 bridgehead atoms. The van der Waals surface area contributed by atoms with Crippen molar-refractivity contribution in [3.8, 4) is 0 Å². The van der Waals surface area contributed by atoms with Crippen molar-refractivity contribution in [1.82, 2.24) is 4.98 Å². The molecule has 2 unspecified atom stereocenters. The number of aromatic nitrogens is 1. The second-order valence-corrected chi connectivity index (χ2v) is 3.68. The Morgan fingerprint density at radius 3 is 2.56 bits per heavy atom. The highest BCUT2D eigenvalue weighted by Gasteiger charge is 2.29. The van der Waals surface area contributed by atoms with E-state index in [1.807, 2.05) is 0 Å². The highest BCUT2D eigenvalue weighted by molar-refractivity contribution is 6.30. The van der Waals surface area contributed by atoms with Gasteiger partial charge < -0.3 is 21.7 Å². The van der Waals surface area contributed by atoms with Crippen LogP contribution in [0.25, 0.3) is 0 Å². The number of rotatable bonds is 4. The molecule has 0 radical (unpaired) electrons. The van der Waals surface area contributed by atoms with Crippen LogP contribution in [0.1, 0.15) is 11.7 Å². The maximum atomic E-state index is 10.7. The van der Waals surface area contributed by atoms with Gasteiger partial charge in [0.1, 0.15) is 11.3 Å². The van der Waals surface area contributed by atoms with E-state index in [1.165, 1.54) is 0 Å². The smallest absolute Gasteiger partial charge is 0.311 e. The molecule has 10 heteroatoms. The molecule has 0 saturated carbocycles. The van der Waals surface area contributed by atoms with E-state index in [-0.39, 0.29) is 10.7 Å². The number of amides is 1. The fourth-order valence-corrected chi connectivity index (χ4v) is 1.45. The summed E-state index contributed by atoms with van der Waals surface area (Å²) in [5.74, 6) is -1.66. The number of carbonyl (C=O) groups is 1. The zero-order valence-electron chi connectivity index (χ0n) is 8.78. The van der Waals surface area contributed by atoms with Gasteiger partial charge in [0.05, 0.1) is 4.92 Å². The summed E-state index contributed by atoms with van der Waals surface area (Å²) in [5, 5.41) is 29.1. The third-order valence-electron chi connectivity index (χ3n) is 2.12. The average molecular weight is 277 g/mol. The van der Waals surface area contributed by atoms with Gasteiger partial charge in [0, 0.05) is 11.6 Å². The number of aliphatic hydroxyl groups excluding tert-OH is 2. The van der Waals surface area contributed by atoms with Crippen molar-refractivity contribution in [2.24, 2.45) is 5.73 Å². The van der Waals surface area contributed by atoms with Crippen LogP contribution in [-0.2, 0) is 4.79 Å². The second-order valence-electron chi connectivity index (χ2n) is 3.32. The second kappa shape index (κ2) is 5.12. The lowest BCUT2D eigenvalue weighted by Gasteiger charge is -2.15. The highest BCUT2D eigenvalue weighted by atomic mass is 35.5. The van der Waals surface area contributed by atoms with Crippen LogP contribution in [0.4, 0.5) is 11.5 Å². The molecule has 1 heterocycles. The van der Waals surface area contributed by atoms with E-state index in [4.69, 9.17) is 23.1 Å². The standard InChI is InChI=1S/C8H9ClN4O5/c9-6-2(4(14)5(15)8(11)16)1-3(13(17)18)7(10)12-6/h1,4-5,14-15H,(H2,10,12)(H2,11,16). The number of hydrogen-bond acceptors (Lipinski definition) is 7. The van der Waals surface area contributed by atoms with Gasteiger partial charge in [-0.1, -0.05) is 11.6 Å². The number of nitrogen functional groups attached to an aromatic ring is 1. The van der Waals surface area contributed by atoms with Crippen LogP contribution in [0, 0.1) is 10.1 Å². The Morgan fingerprint density at radius 1 is 1.56 bits per heavy atom. The van der Waals surface area contributed by atoms with Crippen molar-refractivity contribution in [3.63, 3.8) is 0 Å². The number of carbonyl (C=O) groups excluding carboxylic acids is 1.